The van der Waals surface area contributed by atoms with Crippen molar-refractivity contribution in [2.75, 3.05) is 0 Å². The van der Waals surface area contributed by atoms with Crippen LogP contribution in [0.2, 0.25) is 0 Å². The number of carbonyl (C=O) groups is 1. The van der Waals surface area contributed by atoms with Gasteiger partial charge >= 0.3 is 5.97 Å². The summed E-state index contributed by atoms with van der Waals surface area (Å²) in [6.07, 6.45) is 0.222. The number of nitro benzene ring substituents is 1. The lowest BCUT2D eigenvalue weighted by Crippen LogP contribution is -2.30. The van der Waals surface area contributed by atoms with Crippen molar-refractivity contribution >= 4 is 33.3 Å². The average molecular weight is 326 g/mol. The number of nitro groups is 1. The first-order valence-corrected chi connectivity index (χ1v) is 7.40. The molecule has 0 fully saturated rings. The molecule has 0 aliphatic heterocycles. The van der Waals surface area contributed by atoms with Crippen LogP contribution in [0.1, 0.15) is 19.4 Å². The molecule has 0 saturated heterocycles. The SMILES string of the molecule is CCC(C(=O)O)n1c(=O)c2ccccc2c2cc([N+](=O)[O-])ccc21. The molecule has 0 aliphatic carbocycles. The fraction of sp³-hybridized carbons (Fsp3) is 0.176. The van der Waals surface area contributed by atoms with Gasteiger partial charge in [-0.05, 0) is 23.9 Å². The van der Waals surface area contributed by atoms with Gasteiger partial charge < -0.3 is 5.11 Å². The number of benzene rings is 2. The Morgan fingerprint density at radius 2 is 1.88 bits per heavy atom. The van der Waals surface area contributed by atoms with Crippen LogP contribution < -0.4 is 5.56 Å². The van der Waals surface area contributed by atoms with Gasteiger partial charge in [0, 0.05) is 22.9 Å². The van der Waals surface area contributed by atoms with Crippen LogP contribution >= 0.6 is 0 Å². The van der Waals surface area contributed by atoms with E-state index in [0.29, 0.717) is 21.7 Å². The van der Waals surface area contributed by atoms with Crippen LogP contribution in [0.3, 0.4) is 0 Å². The number of hydrogen-bond donors (Lipinski definition) is 1. The molecule has 1 heterocycles. The molecular weight excluding hydrogens is 312 g/mol. The first-order chi connectivity index (χ1) is 11.5. The highest BCUT2D eigenvalue weighted by Crippen LogP contribution is 2.29. The second kappa shape index (κ2) is 5.77. The minimum atomic E-state index is -1.12. The van der Waals surface area contributed by atoms with Crippen molar-refractivity contribution in [2.24, 2.45) is 0 Å². The Labute approximate surface area is 135 Å². The highest BCUT2D eigenvalue weighted by Gasteiger charge is 2.23. The van der Waals surface area contributed by atoms with E-state index in [4.69, 9.17) is 0 Å². The molecule has 24 heavy (non-hydrogen) atoms. The highest BCUT2D eigenvalue weighted by molar-refractivity contribution is 6.06. The Morgan fingerprint density at radius 3 is 2.46 bits per heavy atom. The molecule has 0 amide bonds. The van der Waals surface area contributed by atoms with Gasteiger partial charge in [0.2, 0.25) is 0 Å². The van der Waals surface area contributed by atoms with Gasteiger partial charge in [-0.3, -0.25) is 19.5 Å². The monoisotopic (exact) mass is 326 g/mol. The van der Waals surface area contributed by atoms with Crippen LogP contribution in [0.4, 0.5) is 5.69 Å². The van der Waals surface area contributed by atoms with E-state index < -0.39 is 22.5 Å². The number of rotatable bonds is 4. The van der Waals surface area contributed by atoms with Crippen molar-refractivity contribution < 1.29 is 14.8 Å². The van der Waals surface area contributed by atoms with Gasteiger partial charge in [0.1, 0.15) is 6.04 Å². The quantitative estimate of drug-likeness (QED) is 0.451. The van der Waals surface area contributed by atoms with Gasteiger partial charge in [-0.15, -0.1) is 0 Å². The molecule has 0 bridgehead atoms. The van der Waals surface area contributed by atoms with Crippen molar-refractivity contribution in [3.05, 3.63) is 62.9 Å². The molecule has 3 rings (SSSR count). The third-order valence-electron chi connectivity index (χ3n) is 4.10. The molecule has 2 aromatic carbocycles. The second-order valence-corrected chi connectivity index (χ2v) is 5.44. The van der Waals surface area contributed by atoms with Gasteiger partial charge in [-0.1, -0.05) is 25.1 Å². The summed E-state index contributed by atoms with van der Waals surface area (Å²) in [5.74, 6) is -1.12. The smallest absolute Gasteiger partial charge is 0.326 e. The van der Waals surface area contributed by atoms with Crippen molar-refractivity contribution in [1.29, 1.82) is 0 Å². The van der Waals surface area contributed by atoms with Crippen molar-refractivity contribution in [2.45, 2.75) is 19.4 Å². The molecule has 1 atom stereocenters. The van der Waals surface area contributed by atoms with Gasteiger partial charge in [0.05, 0.1) is 10.4 Å². The molecule has 7 heteroatoms. The summed E-state index contributed by atoms with van der Waals surface area (Å²) in [6, 6.07) is 9.77. The largest absolute Gasteiger partial charge is 0.480 e. The number of aliphatic carboxylic acids is 1. The molecule has 1 unspecified atom stereocenters. The first kappa shape index (κ1) is 15.7. The van der Waals surface area contributed by atoms with Crippen LogP contribution in [0.25, 0.3) is 21.7 Å². The summed E-state index contributed by atoms with van der Waals surface area (Å²) in [7, 11) is 0. The predicted molar refractivity (Wildman–Crippen MR) is 89.3 cm³/mol. The standard InChI is InChI=1S/C17H14N2O5/c1-2-14(17(21)22)18-15-8-7-10(19(23)24)9-13(15)11-5-3-4-6-12(11)16(18)20/h3-9,14H,2H2,1H3,(H,21,22). The van der Waals surface area contributed by atoms with Crippen LogP contribution in [0.5, 0.6) is 0 Å². The molecule has 1 aromatic heterocycles. The van der Waals surface area contributed by atoms with E-state index >= 15 is 0 Å². The molecular formula is C17H14N2O5. The summed E-state index contributed by atoms with van der Waals surface area (Å²) in [6.45, 7) is 1.68. The summed E-state index contributed by atoms with van der Waals surface area (Å²) in [5, 5.41) is 21.9. The third-order valence-corrected chi connectivity index (χ3v) is 4.10. The number of carboxylic acids is 1. The van der Waals surface area contributed by atoms with Crippen LogP contribution in [-0.2, 0) is 4.79 Å². The Kier molecular flexibility index (Phi) is 3.76. The minimum absolute atomic E-state index is 0.110. The minimum Gasteiger partial charge on any atom is -0.480 e. The Morgan fingerprint density at radius 1 is 1.21 bits per heavy atom. The highest BCUT2D eigenvalue weighted by atomic mass is 16.6. The number of fused-ring (bicyclic) bond motifs is 3. The molecule has 122 valence electrons. The summed E-state index contributed by atoms with van der Waals surface area (Å²) < 4.78 is 1.21. The topological polar surface area (TPSA) is 102 Å². The van der Waals surface area contributed by atoms with E-state index in [1.54, 1.807) is 31.2 Å². The maximum Gasteiger partial charge on any atom is 0.326 e. The number of nitrogens with zero attached hydrogens (tertiary/aromatic N) is 2. The van der Waals surface area contributed by atoms with Crippen molar-refractivity contribution in [3.8, 4) is 0 Å². The average Bonchev–Trinajstić information content (AvgIpc) is 2.57. The second-order valence-electron chi connectivity index (χ2n) is 5.44. The van der Waals surface area contributed by atoms with Gasteiger partial charge in [-0.2, -0.15) is 0 Å². The molecule has 0 spiro atoms. The maximum absolute atomic E-state index is 12.8. The van der Waals surface area contributed by atoms with E-state index in [1.165, 1.54) is 22.8 Å². The molecule has 0 aliphatic rings. The van der Waals surface area contributed by atoms with E-state index in [9.17, 15) is 24.8 Å². The van der Waals surface area contributed by atoms with Crippen molar-refractivity contribution in [1.82, 2.24) is 4.57 Å². The Hall–Kier alpha value is -3.22. The normalized spacial score (nSPS) is 12.4. The molecule has 7 nitrogen and oxygen atoms in total. The van der Waals surface area contributed by atoms with Crippen molar-refractivity contribution in [3.63, 3.8) is 0 Å². The summed E-state index contributed by atoms with van der Waals surface area (Å²) in [5.41, 5.74) is -0.152. The number of non-ortho nitro benzene ring substituents is 1. The van der Waals surface area contributed by atoms with Gasteiger partial charge in [0.15, 0.2) is 0 Å². The molecule has 3 aromatic rings. The lowest BCUT2D eigenvalue weighted by atomic mass is 10.0. The maximum atomic E-state index is 12.8. The van der Waals surface area contributed by atoms with Crippen LogP contribution in [-0.4, -0.2) is 20.6 Å². The zero-order valence-corrected chi connectivity index (χ0v) is 12.8. The van der Waals surface area contributed by atoms with E-state index in [0.717, 1.165) is 0 Å². The number of aromatic nitrogens is 1. The predicted octanol–water partition coefficient (Wildman–Crippen LogP) is 3.10. The molecule has 1 N–H and O–H groups in total. The fourth-order valence-electron chi connectivity index (χ4n) is 2.98. The van der Waals surface area contributed by atoms with Crippen LogP contribution in [0.15, 0.2) is 47.3 Å². The van der Waals surface area contributed by atoms with E-state index in [2.05, 4.69) is 0 Å². The van der Waals surface area contributed by atoms with E-state index in [-0.39, 0.29) is 12.1 Å². The summed E-state index contributed by atoms with van der Waals surface area (Å²) in [4.78, 5) is 35.0. The lowest BCUT2D eigenvalue weighted by Gasteiger charge is -2.18. The number of carboxylic acid groups (broad SMARTS) is 1. The Bertz CT molecular complexity index is 1040. The first-order valence-electron chi connectivity index (χ1n) is 7.40. The van der Waals surface area contributed by atoms with Gasteiger partial charge in [-0.25, -0.2) is 4.79 Å². The Balaban J connectivity index is 2.54. The third kappa shape index (κ3) is 2.30. The molecule has 0 saturated carbocycles. The van der Waals surface area contributed by atoms with Gasteiger partial charge in [0.25, 0.3) is 11.2 Å². The zero-order valence-electron chi connectivity index (χ0n) is 12.8. The summed E-state index contributed by atoms with van der Waals surface area (Å²) >= 11 is 0. The fourth-order valence-corrected chi connectivity index (χ4v) is 2.98. The zero-order chi connectivity index (χ0) is 17.4. The number of pyridine rings is 1. The molecule has 0 radical (unpaired) electrons. The van der Waals surface area contributed by atoms with Crippen LogP contribution in [0, 0.1) is 10.1 Å². The number of hydrogen-bond acceptors (Lipinski definition) is 4. The van der Waals surface area contributed by atoms with E-state index in [1.807, 2.05) is 0 Å². The lowest BCUT2D eigenvalue weighted by molar-refractivity contribution is -0.384.